The lowest BCUT2D eigenvalue weighted by atomic mass is 10.1. The van der Waals surface area contributed by atoms with E-state index >= 15 is 0 Å². The van der Waals surface area contributed by atoms with Crippen molar-refractivity contribution in [2.24, 2.45) is 0 Å². The molecule has 1 N–H and O–H groups in total. The average Bonchev–Trinajstić information content (AvgIpc) is 2.70. The summed E-state index contributed by atoms with van der Waals surface area (Å²) in [5, 5.41) is 3.92. The molecule has 0 saturated heterocycles. The molecular formula is C25H32Cl2N2O3. The summed E-state index contributed by atoms with van der Waals surface area (Å²) in [6.07, 6.45) is 0.787. The number of halogens is 2. The molecule has 0 radical (unpaired) electrons. The van der Waals surface area contributed by atoms with Crippen LogP contribution in [0.1, 0.15) is 51.7 Å². The number of nitrogens with zero attached hydrogens (tertiary/aromatic N) is 1. The van der Waals surface area contributed by atoms with Crippen LogP contribution in [0, 0.1) is 6.92 Å². The van der Waals surface area contributed by atoms with Gasteiger partial charge in [-0.05, 0) is 70.9 Å². The number of nitrogens with one attached hydrogen (secondary N) is 1. The van der Waals surface area contributed by atoms with Crippen LogP contribution < -0.4 is 10.1 Å². The number of benzene rings is 2. The molecule has 0 spiro atoms. The number of rotatable bonds is 9. The number of amides is 2. The molecular weight excluding hydrogens is 447 g/mol. The predicted molar refractivity (Wildman–Crippen MR) is 130 cm³/mol. The van der Waals surface area contributed by atoms with Gasteiger partial charge in [-0.2, -0.15) is 0 Å². The van der Waals surface area contributed by atoms with E-state index < -0.39 is 11.6 Å². The Bertz CT molecular complexity index is 924. The number of carbonyl (C=O) groups excluding carboxylic acids is 2. The van der Waals surface area contributed by atoms with Crippen LogP contribution in [-0.2, 0) is 16.1 Å². The van der Waals surface area contributed by atoms with E-state index in [9.17, 15) is 9.59 Å². The van der Waals surface area contributed by atoms with Gasteiger partial charge in [-0.3, -0.25) is 9.59 Å². The Morgan fingerprint density at radius 1 is 1.09 bits per heavy atom. The molecule has 1 unspecified atom stereocenters. The van der Waals surface area contributed by atoms with Gasteiger partial charge in [0, 0.05) is 28.5 Å². The largest absolute Gasteiger partial charge is 0.494 e. The van der Waals surface area contributed by atoms with E-state index in [1.807, 2.05) is 52.0 Å². The maximum atomic E-state index is 13.1. The predicted octanol–water partition coefficient (Wildman–Crippen LogP) is 5.79. The van der Waals surface area contributed by atoms with Crippen LogP contribution in [0.5, 0.6) is 5.75 Å². The molecule has 0 aliphatic carbocycles. The highest BCUT2D eigenvalue weighted by atomic mass is 35.5. The third-order valence-corrected chi connectivity index (χ3v) is 5.43. The Hall–Kier alpha value is -2.24. The molecule has 7 heteroatoms. The normalized spacial score (nSPS) is 12.2. The van der Waals surface area contributed by atoms with Crippen LogP contribution in [-0.4, -0.2) is 34.9 Å². The van der Waals surface area contributed by atoms with Crippen molar-refractivity contribution in [3.05, 3.63) is 63.6 Å². The van der Waals surface area contributed by atoms with Crippen LogP contribution in [0.3, 0.4) is 0 Å². The summed E-state index contributed by atoms with van der Waals surface area (Å²) in [5.41, 5.74) is 1.49. The first kappa shape index (κ1) is 26.0. The Morgan fingerprint density at radius 3 is 2.34 bits per heavy atom. The smallest absolute Gasteiger partial charge is 0.242 e. The minimum atomic E-state index is -0.661. The molecule has 0 aliphatic heterocycles. The highest BCUT2D eigenvalue weighted by molar-refractivity contribution is 6.35. The molecule has 32 heavy (non-hydrogen) atoms. The van der Waals surface area contributed by atoms with Crippen molar-refractivity contribution < 1.29 is 14.3 Å². The van der Waals surface area contributed by atoms with Gasteiger partial charge in [0.25, 0.3) is 0 Å². The summed E-state index contributed by atoms with van der Waals surface area (Å²) in [6, 6.07) is 12.3. The van der Waals surface area contributed by atoms with Crippen molar-refractivity contribution >= 4 is 35.0 Å². The van der Waals surface area contributed by atoms with E-state index in [-0.39, 0.29) is 24.8 Å². The van der Waals surface area contributed by atoms with Crippen molar-refractivity contribution in [1.29, 1.82) is 0 Å². The maximum absolute atomic E-state index is 13.1. The lowest BCUT2D eigenvalue weighted by Gasteiger charge is -2.31. The fourth-order valence-corrected chi connectivity index (χ4v) is 3.55. The lowest BCUT2D eigenvalue weighted by Crippen LogP contribution is -2.52. The fraction of sp³-hybridized carbons (Fsp3) is 0.440. The first-order valence-electron chi connectivity index (χ1n) is 10.7. The molecule has 0 aliphatic rings. The van der Waals surface area contributed by atoms with Gasteiger partial charge in [-0.25, -0.2) is 0 Å². The highest BCUT2D eigenvalue weighted by Gasteiger charge is 2.28. The van der Waals surface area contributed by atoms with Gasteiger partial charge in [-0.15, -0.1) is 0 Å². The second-order valence-corrected chi connectivity index (χ2v) is 9.78. The molecule has 2 aromatic carbocycles. The molecule has 0 heterocycles. The van der Waals surface area contributed by atoms with Gasteiger partial charge in [0.1, 0.15) is 11.8 Å². The number of ether oxygens (including phenoxy) is 1. The summed E-state index contributed by atoms with van der Waals surface area (Å²) >= 11 is 12.3. The first-order chi connectivity index (χ1) is 15.0. The number of hydrogen-bond acceptors (Lipinski definition) is 3. The quantitative estimate of drug-likeness (QED) is 0.463. The zero-order valence-electron chi connectivity index (χ0n) is 19.4. The number of carbonyl (C=O) groups is 2. The Labute approximate surface area is 201 Å². The minimum absolute atomic E-state index is 0.139. The Kier molecular flexibility index (Phi) is 9.41. The van der Waals surface area contributed by atoms with E-state index in [0.717, 1.165) is 16.9 Å². The molecule has 5 nitrogen and oxygen atoms in total. The summed E-state index contributed by atoms with van der Waals surface area (Å²) in [5.74, 6) is 0.415. The van der Waals surface area contributed by atoms with E-state index in [4.69, 9.17) is 27.9 Å². The van der Waals surface area contributed by atoms with Crippen LogP contribution in [0.25, 0.3) is 0 Å². The zero-order valence-corrected chi connectivity index (χ0v) is 20.9. The molecule has 0 saturated carbocycles. The van der Waals surface area contributed by atoms with Gasteiger partial charge >= 0.3 is 0 Å². The van der Waals surface area contributed by atoms with E-state index in [1.54, 1.807) is 30.0 Å². The van der Waals surface area contributed by atoms with Gasteiger partial charge in [0.15, 0.2) is 0 Å². The molecule has 2 rings (SSSR count). The second-order valence-electron chi connectivity index (χ2n) is 8.94. The van der Waals surface area contributed by atoms with Gasteiger partial charge < -0.3 is 15.0 Å². The molecule has 0 bridgehead atoms. The molecule has 2 amide bonds. The Balaban J connectivity index is 2.06. The lowest BCUT2D eigenvalue weighted by molar-refractivity contribution is -0.141. The van der Waals surface area contributed by atoms with Crippen LogP contribution in [0.15, 0.2) is 42.5 Å². The highest BCUT2D eigenvalue weighted by Crippen LogP contribution is 2.24. The standard InChI is InChI=1S/C25H32Cl2N2O3/c1-17-8-12-21(13-9-17)32-14-6-7-23(30)29(18(2)24(31)28-25(3,4)5)16-19-10-11-20(26)15-22(19)27/h8-13,15,18H,6-7,14,16H2,1-5H3,(H,28,31). The molecule has 0 aromatic heterocycles. The summed E-state index contributed by atoms with van der Waals surface area (Å²) in [7, 11) is 0. The summed E-state index contributed by atoms with van der Waals surface area (Å²) in [4.78, 5) is 27.5. The average molecular weight is 479 g/mol. The number of aryl methyl sites for hydroxylation is 1. The molecule has 2 aromatic rings. The number of hydrogen-bond donors (Lipinski definition) is 1. The van der Waals surface area contributed by atoms with Crippen LogP contribution in [0.4, 0.5) is 0 Å². The van der Waals surface area contributed by atoms with Crippen molar-refractivity contribution in [1.82, 2.24) is 10.2 Å². The van der Waals surface area contributed by atoms with Crippen molar-refractivity contribution in [3.63, 3.8) is 0 Å². The third-order valence-electron chi connectivity index (χ3n) is 4.85. The second kappa shape index (κ2) is 11.6. The van der Waals surface area contributed by atoms with Crippen molar-refractivity contribution in [3.8, 4) is 5.75 Å². The zero-order chi connectivity index (χ0) is 23.9. The van der Waals surface area contributed by atoms with Gasteiger partial charge in [0.05, 0.1) is 6.61 Å². The molecule has 1 atom stereocenters. The van der Waals surface area contributed by atoms with E-state index in [0.29, 0.717) is 23.1 Å². The van der Waals surface area contributed by atoms with E-state index in [1.165, 1.54) is 0 Å². The van der Waals surface area contributed by atoms with Crippen LogP contribution in [0.2, 0.25) is 10.0 Å². The monoisotopic (exact) mass is 478 g/mol. The maximum Gasteiger partial charge on any atom is 0.242 e. The molecule has 0 fully saturated rings. The first-order valence-corrected chi connectivity index (χ1v) is 11.5. The van der Waals surface area contributed by atoms with E-state index in [2.05, 4.69) is 5.32 Å². The fourth-order valence-electron chi connectivity index (χ4n) is 3.08. The van der Waals surface area contributed by atoms with Crippen molar-refractivity contribution in [2.75, 3.05) is 6.61 Å². The summed E-state index contributed by atoms with van der Waals surface area (Å²) < 4.78 is 5.73. The minimum Gasteiger partial charge on any atom is -0.494 e. The SMILES string of the molecule is Cc1ccc(OCCCC(=O)N(Cc2ccc(Cl)cc2Cl)C(C)C(=O)NC(C)(C)C)cc1. The molecule has 174 valence electrons. The van der Waals surface area contributed by atoms with Crippen molar-refractivity contribution in [2.45, 2.75) is 65.6 Å². The summed E-state index contributed by atoms with van der Waals surface area (Å²) in [6.45, 7) is 10.1. The topological polar surface area (TPSA) is 58.6 Å². The van der Waals surface area contributed by atoms with Gasteiger partial charge in [0.2, 0.25) is 11.8 Å². The van der Waals surface area contributed by atoms with Crippen LogP contribution >= 0.6 is 23.2 Å². The van der Waals surface area contributed by atoms with Gasteiger partial charge in [-0.1, -0.05) is 47.0 Å². The third kappa shape index (κ3) is 8.36. The Morgan fingerprint density at radius 2 is 1.75 bits per heavy atom.